The molecule has 8 heteroatoms. The average Bonchev–Trinajstić information content (AvgIpc) is 1.53. The maximum Gasteiger partial charge on any atom is 0.159 e. The van der Waals surface area contributed by atoms with E-state index in [1.54, 1.807) is 36.4 Å². The number of fused-ring (bicyclic) bond motifs is 6. The molecule has 0 saturated carbocycles. The van der Waals surface area contributed by atoms with Gasteiger partial charge < -0.3 is 14.4 Å². The van der Waals surface area contributed by atoms with E-state index in [9.17, 15) is 4.39 Å². The van der Waals surface area contributed by atoms with Crippen LogP contribution < -0.4 is 14.4 Å². The molecular formula is C78H50F5NO2. The molecule has 0 N–H and O–H groups in total. The molecule has 2 aliphatic rings. The molecule has 12 aromatic rings. The number of benzene rings is 12. The van der Waals surface area contributed by atoms with Crippen LogP contribution in [0.25, 0.3) is 45.5 Å². The lowest BCUT2D eigenvalue weighted by Crippen LogP contribution is -2.29. The Bertz CT molecular complexity index is 4350. The Kier molecular flexibility index (Phi) is 13.2. The summed E-state index contributed by atoms with van der Waals surface area (Å²) in [4.78, 5) is 2.15. The molecule has 0 aromatic heterocycles. The third-order valence-corrected chi connectivity index (χ3v) is 16.9. The second-order valence-electron chi connectivity index (χ2n) is 21.5. The van der Waals surface area contributed by atoms with Crippen molar-refractivity contribution in [1.82, 2.24) is 0 Å². The van der Waals surface area contributed by atoms with Crippen molar-refractivity contribution in [3.63, 3.8) is 0 Å². The second kappa shape index (κ2) is 21.4. The van der Waals surface area contributed by atoms with E-state index < -0.39 is 34.1 Å². The van der Waals surface area contributed by atoms with Crippen molar-refractivity contribution in [2.75, 3.05) is 4.90 Å². The largest absolute Gasteiger partial charge is 0.457 e. The summed E-state index contributed by atoms with van der Waals surface area (Å²) in [5.74, 6) is -1.83. The smallest absolute Gasteiger partial charge is 0.159 e. The SMILES string of the molecule is C=Cc1ccc(Oc2ccc(C3(c4ccc(F)c(F)c4)c4ccccc4-c4ccc(N(c5ccc(-c6ccc(F)cc6)cc5)c5ccc6c(c5)C(c5ccc(Oc7ccc(C=C)cc7)cc5)(c5ccc(F)c(F)c5)c5ccccc5-6)cc43)cc2)cc1. The Morgan fingerprint density at radius 3 is 1.05 bits per heavy atom. The molecule has 2 atom stereocenters. The van der Waals surface area contributed by atoms with Gasteiger partial charge in [-0.05, 0) is 210 Å². The Balaban J connectivity index is 0.982. The van der Waals surface area contributed by atoms with Gasteiger partial charge in [-0.2, -0.15) is 0 Å². The van der Waals surface area contributed by atoms with E-state index in [1.807, 2.05) is 158 Å². The summed E-state index contributed by atoms with van der Waals surface area (Å²) in [6.07, 6.45) is 3.53. The van der Waals surface area contributed by atoms with Crippen LogP contribution in [0.1, 0.15) is 55.6 Å². The van der Waals surface area contributed by atoms with Crippen molar-refractivity contribution in [1.29, 1.82) is 0 Å². The van der Waals surface area contributed by atoms with E-state index in [-0.39, 0.29) is 5.82 Å². The van der Waals surface area contributed by atoms with Crippen molar-refractivity contribution in [2.45, 2.75) is 10.8 Å². The second-order valence-corrected chi connectivity index (χ2v) is 21.5. The van der Waals surface area contributed by atoms with Crippen molar-refractivity contribution in [3.8, 4) is 56.4 Å². The van der Waals surface area contributed by atoms with Crippen LogP contribution in [0.15, 0.2) is 280 Å². The fourth-order valence-corrected chi connectivity index (χ4v) is 12.9. The first kappa shape index (κ1) is 53.2. The molecule has 0 aliphatic heterocycles. The topological polar surface area (TPSA) is 21.7 Å². The van der Waals surface area contributed by atoms with Crippen LogP contribution in [0, 0.1) is 29.1 Å². The number of rotatable bonds is 14. The molecule has 0 amide bonds. The summed E-state index contributed by atoms with van der Waals surface area (Å²) in [5, 5.41) is 0. The van der Waals surface area contributed by atoms with Gasteiger partial charge in [0.1, 0.15) is 28.8 Å². The van der Waals surface area contributed by atoms with Gasteiger partial charge in [-0.25, -0.2) is 22.0 Å². The van der Waals surface area contributed by atoms with Gasteiger partial charge in [0.2, 0.25) is 0 Å². The van der Waals surface area contributed by atoms with Crippen molar-refractivity contribution < 1.29 is 31.4 Å². The third-order valence-electron chi connectivity index (χ3n) is 16.9. The summed E-state index contributed by atoms with van der Waals surface area (Å²) >= 11 is 0. The zero-order valence-corrected chi connectivity index (χ0v) is 46.1. The lowest BCUT2D eigenvalue weighted by atomic mass is 9.67. The minimum atomic E-state index is -1.20. The number of anilines is 3. The number of halogens is 5. The van der Waals surface area contributed by atoms with Gasteiger partial charge in [0.25, 0.3) is 0 Å². The van der Waals surface area contributed by atoms with E-state index in [2.05, 4.69) is 66.6 Å². The van der Waals surface area contributed by atoms with Gasteiger partial charge in [0.05, 0.1) is 10.8 Å². The molecule has 0 fully saturated rings. The van der Waals surface area contributed by atoms with Gasteiger partial charge >= 0.3 is 0 Å². The fraction of sp³-hybridized carbons (Fsp3) is 0.0256. The lowest BCUT2D eigenvalue weighted by Gasteiger charge is -2.36. The summed E-state index contributed by atoms with van der Waals surface area (Å²) < 4.78 is 89.6. The molecular weight excluding hydrogens is 1080 g/mol. The minimum Gasteiger partial charge on any atom is -0.457 e. The number of hydrogen-bond acceptors (Lipinski definition) is 3. The highest BCUT2D eigenvalue weighted by Gasteiger charge is 2.49. The Morgan fingerprint density at radius 1 is 0.302 bits per heavy atom. The van der Waals surface area contributed by atoms with Crippen LogP contribution in [0.3, 0.4) is 0 Å². The Morgan fingerprint density at radius 2 is 0.651 bits per heavy atom. The van der Waals surface area contributed by atoms with Crippen LogP contribution in [0.5, 0.6) is 23.0 Å². The molecule has 0 radical (unpaired) electrons. The van der Waals surface area contributed by atoms with Crippen LogP contribution in [-0.2, 0) is 10.8 Å². The summed E-state index contributed by atoms with van der Waals surface area (Å²) in [5.41, 5.74) is 13.0. The zero-order valence-electron chi connectivity index (χ0n) is 46.1. The van der Waals surface area contributed by atoms with Gasteiger partial charge in [-0.1, -0.05) is 171 Å². The van der Waals surface area contributed by atoms with Crippen molar-refractivity contribution in [2.24, 2.45) is 0 Å². The van der Waals surface area contributed by atoms with Crippen molar-refractivity contribution in [3.05, 3.63) is 365 Å². The van der Waals surface area contributed by atoms with Crippen LogP contribution in [-0.4, -0.2) is 0 Å². The quantitative estimate of drug-likeness (QED) is 0.101. The van der Waals surface area contributed by atoms with E-state index >= 15 is 17.6 Å². The van der Waals surface area contributed by atoms with E-state index in [4.69, 9.17) is 9.47 Å². The first-order chi connectivity index (χ1) is 42.0. The first-order valence-corrected chi connectivity index (χ1v) is 28.1. The van der Waals surface area contributed by atoms with Crippen LogP contribution in [0.4, 0.5) is 39.0 Å². The highest BCUT2D eigenvalue weighted by molar-refractivity contribution is 5.92. The molecule has 86 heavy (non-hydrogen) atoms. The van der Waals surface area contributed by atoms with Crippen LogP contribution >= 0.6 is 0 Å². The van der Waals surface area contributed by atoms with Gasteiger partial charge in [-0.15, -0.1) is 0 Å². The molecule has 414 valence electrons. The molecule has 14 rings (SSSR count). The molecule has 2 unspecified atom stereocenters. The van der Waals surface area contributed by atoms with E-state index in [0.29, 0.717) is 34.1 Å². The van der Waals surface area contributed by atoms with E-state index in [0.717, 1.165) is 95.0 Å². The summed E-state index contributed by atoms with van der Waals surface area (Å²) in [6.45, 7) is 7.74. The van der Waals surface area contributed by atoms with Crippen molar-refractivity contribution >= 4 is 29.2 Å². The normalized spacial score (nSPS) is 15.2. The van der Waals surface area contributed by atoms with Gasteiger partial charge in [0.15, 0.2) is 23.3 Å². The van der Waals surface area contributed by atoms with Gasteiger partial charge in [-0.3, -0.25) is 0 Å². The molecule has 3 nitrogen and oxygen atoms in total. The maximum absolute atomic E-state index is 16.1. The Hall–Kier alpha value is -10.8. The number of hydrogen-bond donors (Lipinski definition) is 0. The highest BCUT2D eigenvalue weighted by atomic mass is 19.2. The van der Waals surface area contributed by atoms with Gasteiger partial charge in [0, 0.05) is 17.1 Å². The predicted octanol–water partition coefficient (Wildman–Crippen LogP) is 21.1. The fourth-order valence-electron chi connectivity index (χ4n) is 12.9. The zero-order chi connectivity index (χ0) is 58.7. The van der Waals surface area contributed by atoms with Crippen LogP contribution in [0.2, 0.25) is 0 Å². The summed E-state index contributed by atoms with van der Waals surface area (Å²) in [7, 11) is 0. The highest BCUT2D eigenvalue weighted by Crippen LogP contribution is 2.60. The average molecular weight is 1130 g/mol. The molecule has 0 spiro atoms. The maximum atomic E-state index is 16.1. The number of nitrogens with zero attached hydrogens (tertiary/aromatic N) is 1. The lowest BCUT2D eigenvalue weighted by molar-refractivity contribution is 0.482. The number of ether oxygens (including phenoxy) is 2. The standard InChI is InChI=1S/C78H50F5NO2/c1-3-49-13-33-61(34-14-49)85-63-37-21-53(22-38-63)77(55-25-43-73(80)75(82)45-55)69-11-7-5-9-65(69)67-41-31-59(47-71(67)77)84(58-29-19-52(20-30-58)51-17-27-57(79)28-18-51)60-32-42-68-66-10-6-8-12-70(66)78(72(68)48-60,56-26-44-74(81)76(83)46-56)54-23-39-64(40-24-54)86-62-35-15-50(4-2)16-36-62/h3-48H,1-2H2. The predicted molar refractivity (Wildman–Crippen MR) is 334 cm³/mol. The Labute approximate surface area is 495 Å². The minimum absolute atomic E-state index is 0.342. The molecule has 0 bridgehead atoms. The summed E-state index contributed by atoms with van der Waals surface area (Å²) in [6, 6.07) is 82.0. The first-order valence-electron chi connectivity index (χ1n) is 28.1. The molecule has 2 aliphatic carbocycles. The molecule has 0 saturated heterocycles. The van der Waals surface area contributed by atoms with E-state index in [1.165, 1.54) is 36.4 Å². The monoisotopic (exact) mass is 1130 g/mol. The molecule has 0 heterocycles. The molecule has 12 aromatic carbocycles. The third kappa shape index (κ3) is 8.88.